The summed E-state index contributed by atoms with van der Waals surface area (Å²) in [7, 11) is 1.35. The molecule has 0 bridgehead atoms. The molecule has 1 rings (SSSR count). The Morgan fingerprint density at radius 2 is 2.12 bits per heavy atom. The molecule has 0 aliphatic heterocycles. The Hall–Kier alpha value is -0.590. The molecule has 7 heteroatoms. The van der Waals surface area contributed by atoms with E-state index < -0.39 is 15.0 Å². The van der Waals surface area contributed by atoms with E-state index in [1.54, 1.807) is 0 Å². The van der Waals surface area contributed by atoms with Crippen LogP contribution in [0, 0.1) is 5.92 Å². The average molecular weight is 297 g/mol. The van der Waals surface area contributed by atoms with E-state index in [1.807, 2.05) is 13.8 Å². The normalized spacial score (nSPS) is 12.0. The minimum atomic E-state index is -3.85. The maximum absolute atomic E-state index is 11.1. The number of hydrogen-bond acceptors (Lipinski definition) is 4. The van der Waals surface area contributed by atoms with Crippen molar-refractivity contribution in [1.82, 2.24) is 0 Å². The summed E-state index contributed by atoms with van der Waals surface area (Å²) in [5.74, 6) is -0.687. The minimum absolute atomic E-state index is 0.0601. The fourth-order valence-corrected chi connectivity index (χ4v) is 3.46. The number of carboxylic acids is 1. The van der Waals surface area contributed by atoms with E-state index in [1.165, 1.54) is 6.07 Å². The summed E-state index contributed by atoms with van der Waals surface area (Å²) in [4.78, 5) is 11.0. The van der Waals surface area contributed by atoms with Crippen molar-refractivity contribution in [3.63, 3.8) is 0 Å². The first-order valence-corrected chi connectivity index (χ1v) is 8.15. The largest absolute Gasteiger partial charge is 0.477 e. The van der Waals surface area contributed by atoms with Gasteiger partial charge in [0.1, 0.15) is 9.09 Å². The van der Waals surface area contributed by atoms with Crippen molar-refractivity contribution in [3.05, 3.63) is 16.5 Å². The molecule has 0 saturated carbocycles. The molecule has 0 unspecified atom stereocenters. The molecule has 0 aliphatic rings. The number of halogens is 1. The number of hydrogen-bond donors (Lipinski definition) is 1. The van der Waals surface area contributed by atoms with Crippen LogP contribution in [0.25, 0.3) is 0 Å². The Morgan fingerprint density at radius 3 is 2.53 bits per heavy atom. The highest BCUT2D eigenvalue weighted by molar-refractivity contribution is 8.15. The summed E-state index contributed by atoms with van der Waals surface area (Å²) < 4.78 is 22.2. The van der Waals surface area contributed by atoms with E-state index in [2.05, 4.69) is 0 Å². The molecule has 0 radical (unpaired) electrons. The number of rotatable bonds is 5. The van der Waals surface area contributed by atoms with E-state index in [0.717, 1.165) is 6.42 Å². The van der Waals surface area contributed by atoms with Gasteiger partial charge < -0.3 is 5.11 Å². The van der Waals surface area contributed by atoms with Crippen molar-refractivity contribution in [3.8, 4) is 0 Å². The predicted molar refractivity (Wildman–Crippen MR) is 67.5 cm³/mol. The van der Waals surface area contributed by atoms with Gasteiger partial charge in [0.05, 0.1) is 0 Å². The summed E-state index contributed by atoms with van der Waals surface area (Å²) in [6.45, 7) is 4.04. The van der Waals surface area contributed by atoms with Crippen LogP contribution < -0.4 is 0 Å². The Balaban J connectivity index is 3.10. The molecule has 1 aromatic rings. The maximum Gasteiger partial charge on any atom is 0.346 e. The van der Waals surface area contributed by atoms with Gasteiger partial charge in [-0.3, -0.25) is 0 Å². The van der Waals surface area contributed by atoms with Crippen molar-refractivity contribution in [2.45, 2.75) is 30.9 Å². The van der Waals surface area contributed by atoms with Crippen molar-refractivity contribution in [2.24, 2.45) is 5.92 Å². The van der Waals surface area contributed by atoms with Gasteiger partial charge in [0.2, 0.25) is 0 Å². The minimum Gasteiger partial charge on any atom is -0.477 e. The zero-order valence-corrected chi connectivity index (χ0v) is 11.8. The highest BCUT2D eigenvalue weighted by Gasteiger charge is 2.21. The molecule has 1 N–H and O–H groups in total. The van der Waals surface area contributed by atoms with E-state index in [0.29, 0.717) is 29.2 Å². The van der Waals surface area contributed by atoms with Gasteiger partial charge >= 0.3 is 5.97 Å². The van der Waals surface area contributed by atoms with Gasteiger partial charge in [-0.05, 0) is 30.4 Å². The molecule has 0 amide bonds. The van der Waals surface area contributed by atoms with Crippen LogP contribution in [-0.2, 0) is 15.5 Å². The van der Waals surface area contributed by atoms with Crippen LogP contribution in [0.2, 0.25) is 0 Å². The third-order valence-electron chi connectivity index (χ3n) is 2.21. The number of aromatic carboxylic acids is 1. The van der Waals surface area contributed by atoms with E-state index in [9.17, 15) is 13.2 Å². The van der Waals surface area contributed by atoms with Gasteiger partial charge in [0, 0.05) is 10.7 Å². The van der Waals surface area contributed by atoms with Gasteiger partial charge in [0.25, 0.3) is 9.05 Å². The molecular weight excluding hydrogens is 284 g/mol. The molecule has 1 heterocycles. The molecule has 1 aromatic heterocycles. The van der Waals surface area contributed by atoms with E-state index in [-0.39, 0.29) is 9.09 Å². The summed E-state index contributed by atoms with van der Waals surface area (Å²) in [5, 5.41) is 8.98. The van der Waals surface area contributed by atoms with Crippen molar-refractivity contribution >= 4 is 37.0 Å². The Morgan fingerprint density at radius 1 is 1.53 bits per heavy atom. The second-order valence-corrected chi connectivity index (χ2v) is 7.94. The Kier molecular flexibility index (Phi) is 4.57. The quantitative estimate of drug-likeness (QED) is 0.848. The smallest absolute Gasteiger partial charge is 0.346 e. The molecule has 0 spiro atoms. The summed E-state index contributed by atoms with van der Waals surface area (Å²) in [6, 6.07) is 1.36. The van der Waals surface area contributed by atoms with Crippen LogP contribution in [0.4, 0.5) is 0 Å². The summed E-state index contributed by atoms with van der Waals surface area (Å²) in [5.41, 5.74) is 0.537. The third-order valence-corrected chi connectivity index (χ3v) is 5.45. The van der Waals surface area contributed by atoms with Crippen LogP contribution in [0.3, 0.4) is 0 Å². The van der Waals surface area contributed by atoms with Crippen LogP contribution in [0.1, 0.15) is 35.5 Å². The second kappa shape index (κ2) is 5.37. The van der Waals surface area contributed by atoms with Crippen LogP contribution in [-0.4, -0.2) is 19.5 Å². The number of thiophene rings is 1. The average Bonchev–Trinajstić information content (AvgIpc) is 2.57. The lowest BCUT2D eigenvalue weighted by Crippen LogP contribution is -1.99. The zero-order chi connectivity index (χ0) is 13.2. The molecule has 17 heavy (non-hydrogen) atoms. The van der Waals surface area contributed by atoms with E-state index >= 15 is 0 Å². The standard InChI is InChI=1S/C10H13ClO4S2/c1-6(2)3-4-7-5-8(17(11,14)15)16-9(7)10(12)13/h5-6H,3-4H2,1-2H3,(H,12,13). The molecule has 96 valence electrons. The van der Waals surface area contributed by atoms with Crippen molar-refractivity contribution < 1.29 is 18.3 Å². The predicted octanol–water partition coefficient (Wildman–Crippen LogP) is 2.96. The monoisotopic (exact) mass is 296 g/mol. The first kappa shape index (κ1) is 14.5. The summed E-state index contributed by atoms with van der Waals surface area (Å²) in [6.07, 6.45) is 1.35. The zero-order valence-electron chi connectivity index (χ0n) is 9.44. The Labute approximate surface area is 109 Å². The molecule has 4 nitrogen and oxygen atoms in total. The summed E-state index contributed by atoms with van der Waals surface area (Å²) >= 11 is 0.707. The fourth-order valence-electron chi connectivity index (χ4n) is 1.33. The van der Waals surface area contributed by atoms with Crippen molar-refractivity contribution in [1.29, 1.82) is 0 Å². The third kappa shape index (κ3) is 3.97. The van der Waals surface area contributed by atoms with Crippen LogP contribution in [0.15, 0.2) is 10.3 Å². The first-order valence-electron chi connectivity index (χ1n) is 5.02. The van der Waals surface area contributed by atoms with Crippen molar-refractivity contribution in [2.75, 3.05) is 0 Å². The maximum atomic E-state index is 11.1. The number of carboxylic acid groups (broad SMARTS) is 1. The van der Waals surface area contributed by atoms with Crippen LogP contribution in [0.5, 0.6) is 0 Å². The lowest BCUT2D eigenvalue weighted by atomic mass is 10.0. The lowest BCUT2D eigenvalue weighted by molar-refractivity contribution is 0.0701. The molecule has 0 aromatic carbocycles. The lowest BCUT2D eigenvalue weighted by Gasteiger charge is -2.03. The van der Waals surface area contributed by atoms with Gasteiger partial charge in [-0.2, -0.15) is 0 Å². The molecule has 0 fully saturated rings. The second-order valence-electron chi connectivity index (χ2n) is 4.10. The molecular formula is C10H13ClO4S2. The van der Waals surface area contributed by atoms with Gasteiger partial charge in [-0.25, -0.2) is 13.2 Å². The van der Waals surface area contributed by atoms with E-state index in [4.69, 9.17) is 15.8 Å². The number of carbonyl (C=O) groups is 1. The van der Waals surface area contributed by atoms with Gasteiger partial charge in [-0.15, -0.1) is 11.3 Å². The van der Waals surface area contributed by atoms with Gasteiger partial charge in [-0.1, -0.05) is 13.8 Å². The molecule has 0 aliphatic carbocycles. The molecule has 0 atom stereocenters. The fraction of sp³-hybridized carbons (Fsp3) is 0.500. The topological polar surface area (TPSA) is 71.4 Å². The SMILES string of the molecule is CC(C)CCc1cc(S(=O)(=O)Cl)sc1C(=O)O. The van der Waals surface area contributed by atoms with Crippen LogP contribution >= 0.6 is 22.0 Å². The Bertz CT molecular complexity index is 516. The highest BCUT2D eigenvalue weighted by Crippen LogP contribution is 2.30. The molecule has 0 saturated heterocycles. The first-order chi connectivity index (χ1) is 7.71. The van der Waals surface area contributed by atoms with Gasteiger partial charge in [0.15, 0.2) is 0 Å². The highest BCUT2D eigenvalue weighted by atomic mass is 35.7. The number of aryl methyl sites for hydroxylation is 1.